The molecular weight excluding hydrogens is 192 g/mol. The summed E-state index contributed by atoms with van der Waals surface area (Å²) in [6.07, 6.45) is 2.00. The molecule has 1 aromatic carbocycles. The van der Waals surface area contributed by atoms with E-state index in [1.807, 2.05) is 0 Å². The highest BCUT2D eigenvalue weighted by Gasteiger charge is 1.90. The smallest absolute Gasteiger partial charge is 0.450 e. The van der Waals surface area contributed by atoms with E-state index in [1.165, 1.54) is 30.4 Å². The molecule has 0 fully saturated rings. The van der Waals surface area contributed by atoms with Gasteiger partial charge >= 0.3 is 6.16 Å². The molecular formula is C12H18O3. The summed E-state index contributed by atoms with van der Waals surface area (Å²) in [5.41, 5.74) is 2.85. The van der Waals surface area contributed by atoms with Crippen LogP contribution in [0.4, 0.5) is 4.79 Å². The summed E-state index contributed by atoms with van der Waals surface area (Å²) >= 11 is 0. The molecule has 0 spiro atoms. The monoisotopic (exact) mass is 210 g/mol. The Kier molecular flexibility index (Phi) is 7.06. The van der Waals surface area contributed by atoms with Crippen molar-refractivity contribution in [1.82, 2.24) is 0 Å². The van der Waals surface area contributed by atoms with Crippen LogP contribution in [0.15, 0.2) is 24.3 Å². The van der Waals surface area contributed by atoms with Gasteiger partial charge in [0.25, 0.3) is 0 Å². The van der Waals surface area contributed by atoms with Crippen LogP contribution in [-0.2, 0) is 6.42 Å². The number of unbranched alkanes of at least 4 members (excludes halogenated alkanes) is 1. The molecule has 0 aromatic heterocycles. The fourth-order valence-corrected chi connectivity index (χ4v) is 1.25. The molecule has 0 heterocycles. The van der Waals surface area contributed by atoms with Crippen LogP contribution in [0, 0.1) is 6.92 Å². The zero-order chi connectivity index (χ0) is 11.7. The third kappa shape index (κ3) is 8.81. The van der Waals surface area contributed by atoms with E-state index in [0.717, 1.165) is 0 Å². The Labute approximate surface area is 90.4 Å². The molecule has 3 heteroatoms. The Morgan fingerprint density at radius 1 is 1.33 bits per heavy atom. The minimum atomic E-state index is -1.83. The Hall–Kier alpha value is -1.51. The zero-order valence-electron chi connectivity index (χ0n) is 9.23. The zero-order valence-corrected chi connectivity index (χ0v) is 9.23. The Morgan fingerprint density at radius 2 is 1.93 bits per heavy atom. The lowest BCUT2D eigenvalue weighted by molar-refractivity contribution is 0.137. The summed E-state index contributed by atoms with van der Waals surface area (Å²) in [5.74, 6) is 0. The van der Waals surface area contributed by atoms with Crippen molar-refractivity contribution >= 4 is 6.16 Å². The van der Waals surface area contributed by atoms with E-state index in [0.29, 0.717) is 0 Å². The molecule has 1 aromatic rings. The van der Waals surface area contributed by atoms with E-state index >= 15 is 0 Å². The number of carbonyl (C=O) groups is 1. The van der Waals surface area contributed by atoms with Crippen molar-refractivity contribution in [1.29, 1.82) is 0 Å². The molecule has 0 saturated carbocycles. The predicted molar refractivity (Wildman–Crippen MR) is 60.4 cm³/mol. The highest BCUT2D eigenvalue weighted by Crippen LogP contribution is 2.07. The number of rotatable bonds is 3. The SMILES string of the molecule is CCCCc1cccc(C)c1.O=C(O)O. The topological polar surface area (TPSA) is 57.5 Å². The molecule has 3 nitrogen and oxygen atoms in total. The number of carboxylic acid groups (broad SMARTS) is 2. The predicted octanol–water partition coefficient (Wildman–Crippen LogP) is 3.56. The highest BCUT2D eigenvalue weighted by molar-refractivity contribution is 5.53. The van der Waals surface area contributed by atoms with Crippen LogP contribution < -0.4 is 0 Å². The van der Waals surface area contributed by atoms with Crippen LogP contribution in [0.1, 0.15) is 30.9 Å². The quantitative estimate of drug-likeness (QED) is 0.801. The van der Waals surface area contributed by atoms with Gasteiger partial charge in [-0.3, -0.25) is 0 Å². The van der Waals surface area contributed by atoms with Gasteiger partial charge in [-0.2, -0.15) is 0 Å². The molecule has 0 bridgehead atoms. The molecule has 0 radical (unpaired) electrons. The van der Waals surface area contributed by atoms with Crippen molar-refractivity contribution < 1.29 is 15.0 Å². The van der Waals surface area contributed by atoms with Gasteiger partial charge in [-0.15, -0.1) is 0 Å². The van der Waals surface area contributed by atoms with E-state index in [1.54, 1.807) is 0 Å². The number of aryl methyl sites for hydroxylation is 2. The number of hydrogen-bond donors (Lipinski definition) is 2. The first kappa shape index (κ1) is 13.5. The molecule has 0 unspecified atom stereocenters. The summed E-state index contributed by atoms with van der Waals surface area (Å²) < 4.78 is 0. The second-order valence-corrected chi connectivity index (χ2v) is 3.38. The summed E-state index contributed by atoms with van der Waals surface area (Å²) in [7, 11) is 0. The first-order valence-electron chi connectivity index (χ1n) is 5.03. The first-order chi connectivity index (χ1) is 7.06. The first-order valence-corrected chi connectivity index (χ1v) is 5.03. The molecule has 2 N–H and O–H groups in total. The third-order valence-electron chi connectivity index (χ3n) is 1.90. The van der Waals surface area contributed by atoms with Crippen molar-refractivity contribution in [2.45, 2.75) is 33.1 Å². The second kappa shape index (κ2) is 7.85. The lowest BCUT2D eigenvalue weighted by Crippen LogP contribution is -1.84. The van der Waals surface area contributed by atoms with Crippen molar-refractivity contribution in [3.8, 4) is 0 Å². The number of benzene rings is 1. The van der Waals surface area contributed by atoms with E-state index < -0.39 is 6.16 Å². The van der Waals surface area contributed by atoms with E-state index in [9.17, 15) is 0 Å². The molecule has 0 aliphatic carbocycles. The van der Waals surface area contributed by atoms with Crippen molar-refractivity contribution in [2.24, 2.45) is 0 Å². The third-order valence-corrected chi connectivity index (χ3v) is 1.90. The van der Waals surface area contributed by atoms with Crippen LogP contribution in [0.5, 0.6) is 0 Å². The molecule has 0 saturated heterocycles. The van der Waals surface area contributed by atoms with Gasteiger partial charge in [-0.25, -0.2) is 4.79 Å². The summed E-state index contributed by atoms with van der Waals surface area (Å²) in [5, 5.41) is 13.9. The van der Waals surface area contributed by atoms with E-state index in [2.05, 4.69) is 38.1 Å². The minimum Gasteiger partial charge on any atom is -0.450 e. The van der Waals surface area contributed by atoms with Gasteiger partial charge in [-0.05, 0) is 25.3 Å². The summed E-state index contributed by atoms with van der Waals surface area (Å²) in [4.78, 5) is 8.56. The van der Waals surface area contributed by atoms with Crippen molar-refractivity contribution in [2.75, 3.05) is 0 Å². The minimum absolute atomic E-state index is 1.23. The van der Waals surface area contributed by atoms with Gasteiger partial charge in [0.2, 0.25) is 0 Å². The maximum absolute atomic E-state index is 8.56. The van der Waals surface area contributed by atoms with Crippen molar-refractivity contribution in [3.05, 3.63) is 35.4 Å². The maximum Gasteiger partial charge on any atom is 0.503 e. The number of hydrogen-bond acceptors (Lipinski definition) is 1. The van der Waals surface area contributed by atoms with Gasteiger partial charge in [0.05, 0.1) is 0 Å². The standard InChI is InChI=1S/C11H16.CH2O3/c1-3-4-7-11-8-5-6-10(2)9-11;2-1(3)4/h5-6,8-9H,3-4,7H2,1-2H3;(H2,2,3,4). The molecule has 0 amide bonds. The summed E-state index contributed by atoms with van der Waals surface area (Å²) in [6, 6.07) is 8.77. The van der Waals surface area contributed by atoms with Crippen molar-refractivity contribution in [3.63, 3.8) is 0 Å². The highest BCUT2D eigenvalue weighted by atomic mass is 16.6. The van der Waals surface area contributed by atoms with Gasteiger partial charge in [0, 0.05) is 0 Å². The molecule has 15 heavy (non-hydrogen) atoms. The average Bonchev–Trinajstić information content (AvgIpc) is 2.14. The van der Waals surface area contributed by atoms with Gasteiger partial charge in [0.1, 0.15) is 0 Å². The van der Waals surface area contributed by atoms with Crippen LogP contribution in [0.3, 0.4) is 0 Å². The normalized spacial score (nSPS) is 8.93. The fraction of sp³-hybridized carbons (Fsp3) is 0.417. The van der Waals surface area contributed by atoms with Crippen LogP contribution in [0.25, 0.3) is 0 Å². The van der Waals surface area contributed by atoms with Gasteiger partial charge in [0.15, 0.2) is 0 Å². The molecule has 0 atom stereocenters. The van der Waals surface area contributed by atoms with Crippen LogP contribution in [-0.4, -0.2) is 16.4 Å². The van der Waals surface area contributed by atoms with E-state index in [4.69, 9.17) is 15.0 Å². The molecule has 0 aliphatic heterocycles. The molecule has 0 aliphatic rings. The lowest BCUT2D eigenvalue weighted by Gasteiger charge is -1.99. The van der Waals surface area contributed by atoms with E-state index in [-0.39, 0.29) is 0 Å². The van der Waals surface area contributed by atoms with Crippen LogP contribution >= 0.6 is 0 Å². The summed E-state index contributed by atoms with van der Waals surface area (Å²) in [6.45, 7) is 4.38. The van der Waals surface area contributed by atoms with Gasteiger partial charge < -0.3 is 10.2 Å². The maximum atomic E-state index is 8.56. The Bertz CT molecular complexity index is 291. The fourth-order valence-electron chi connectivity index (χ4n) is 1.25. The largest absolute Gasteiger partial charge is 0.503 e. The van der Waals surface area contributed by atoms with Gasteiger partial charge in [-0.1, -0.05) is 43.2 Å². The lowest BCUT2D eigenvalue weighted by atomic mass is 10.1. The molecule has 84 valence electrons. The average molecular weight is 210 g/mol. The Morgan fingerprint density at radius 3 is 2.40 bits per heavy atom. The Balaban J connectivity index is 0.000000423. The second-order valence-electron chi connectivity index (χ2n) is 3.38. The molecule has 1 rings (SSSR count). The van der Waals surface area contributed by atoms with Crippen LogP contribution in [0.2, 0.25) is 0 Å².